The fraction of sp³-hybridized carbons (Fsp3) is 0.900. The molecule has 0 amide bonds. The normalized spacial score (nSPS) is 26.2. The van der Waals surface area contributed by atoms with E-state index in [1.807, 2.05) is 6.92 Å². The topological polar surface area (TPSA) is 40.5 Å². The lowest BCUT2D eigenvalue weighted by Crippen LogP contribution is -2.19. The Morgan fingerprint density at radius 2 is 2.38 bits per heavy atom. The van der Waals surface area contributed by atoms with Crippen molar-refractivity contribution in [1.82, 2.24) is 4.90 Å². The molecule has 0 aromatic carbocycles. The van der Waals surface area contributed by atoms with Crippen LogP contribution in [0, 0.1) is 11.8 Å². The number of carbonyl (C=O) groups is 1. The third-order valence-electron chi connectivity index (χ3n) is 2.95. The van der Waals surface area contributed by atoms with Gasteiger partial charge in [-0.05, 0) is 38.8 Å². The second-order valence-corrected chi connectivity index (χ2v) is 4.10. The molecule has 1 aliphatic rings. The second kappa shape index (κ2) is 4.61. The monoisotopic (exact) mass is 185 g/mol. The van der Waals surface area contributed by atoms with E-state index >= 15 is 0 Å². The summed E-state index contributed by atoms with van der Waals surface area (Å²) in [5, 5.41) is 8.89. The number of nitrogens with zero attached hydrogens (tertiary/aromatic N) is 1. The molecule has 0 aromatic heterocycles. The molecule has 0 bridgehead atoms. The summed E-state index contributed by atoms with van der Waals surface area (Å²) < 4.78 is 0. The molecule has 0 radical (unpaired) electrons. The van der Waals surface area contributed by atoms with Crippen molar-refractivity contribution in [1.29, 1.82) is 0 Å². The molecule has 3 nitrogen and oxygen atoms in total. The lowest BCUT2D eigenvalue weighted by atomic mass is 9.92. The Morgan fingerprint density at radius 3 is 2.77 bits per heavy atom. The molecule has 0 aromatic rings. The van der Waals surface area contributed by atoms with Crippen molar-refractivity contribution < 1.29 is 9.90 Å². The predicted octanol–water partition coefficient (Wildman–Crippen LogP) is 1.44. The highest BCUT2D eigenvalue weighted by Crippen LogP contribution is 2.24. The SMILES string of the molecule is CCC(CC1CCN(C)C1)C(=O)O. The number of carboxylic acid groups (broad SMARTS) is 1. The zero-order valence-corrected chi connectivity index (χ0v) is 8.49. The Morgan fingerprint density at radius 1 is 1.69 bits per heavy atom. The Balaban J connectivity index is 2.34. The van der Waals surface area contributed by atoms with E-state index in [0.717, 1.165) is 25.9 Å². The highest BCUT2D eigenvalue weighted by atomic mass is 16.4. The zero-order chi connectivity index (χ0) is 9.84. The van der Waals surface area contributed by atoms with E-state index < -0.39 is 5.97 Å². The van der Waals surface area contributed by atoms with Crippen LogP contribution in [0.25, 0.3) is 0 Å². The molecule has 1 rings (SSSR count). The molecular weight excluding hydrogens is 166 g/mol. The van der Waals surface area contributed by atoms with Gasteiger partial charge in [-0.2, -0.15) is 0 Å². The lowest BCUT2D eigenvalue weighted by Gasteiger charge is -2.15. The van der Waals surface area contributed by atoms with Crippen LogP contribution in [-0.4, -0.2) is 36.1 Å². The molecule has 2 atom stereocenters. The predicted molar refractivity (Wildman–Crippen MR) is 51.6 cm³/mol. The zero-order valence-electron chi connectivity index (χ0n) is 8.49. The van der Waals surface area contributed by atoms with Crippen LogP contribution in [0.2, 0.25) is 0 Å². The maximum absolute atomic E-state index is 10.8. The molecule has 3 heteroatoms. The fourth-order valence-electron chi connectivity index (χ4n) is 2.06. The summed E-state index contributed by atoms with van der Waals surface area (Å²) in [6, 6.07) is 0. The third kappa shape index (κ3) is 2.99. The summed E-state index contributed by atoms with van der Waals surface area (Å²) in [7, 11) is 2.10. The minimum Gasteiger partial charge on any atom is -0.481 e. The van der Waals surface area contributed by atoms with Crippen LogP contribution in [0.5, 0.6) is 0 Å². The quantitative estimate of drug-likeness (QED) is 0.720. The smallest absolute Gasteiger partial charge is 0.306 e. The molecule has 76 valence electrons. The molecule has 13 heavy (non-hydrogen) atoms. The molecule has 1 heterocycles. The van der Waals surface area contributed by atoms with Crippen molar-refractivity contribution in [2.75, 3.05) is 20.1 Å². The van der Waals surface area contributed by atoms with E-state index in [0.29, 0.717) is 5.92 Å². The van der Waals surface area contributed by atoms with Gasteiger partial charge in [-0.15, -0.1) is 0 Å². The average molecular weight is 185 g/mol. The van der Waals surface area contributed by atoms with Crippen LogP contribution < -0.4 is 0 Å². The van der Waals surface area contributed by atoms with Crippen molar-refractivity contribution in [2.45, 2.75) is 26.2 Å². The Hall–Kier alpha value is -0.570. The maximum Gasteiger partial charge on any atom is 0.306 e. The van der Waals surface area contributed by atoms with Crippen molar-refractivity contribution in [2.24, 2.45) is 11.8 Å². The van der Waals surface area contributed by atoms with Crippen molar-refractivity contribution in [3.05, 3.63) is 0 Å². The van der Waals surface area contributed by atoms with E-state index in [9.17, 15) is 4.79 Å². The summed E-state index contributed by atoms with van der Waals surface area (Å²) in [6.07, 6.45) is 2.78. The minimum atomic E-state index is -0.628. The lowest BCUT2D eigenvalue weighted by molar-refractivity contribution is -0.142. The van der Waals surface area contributed by atoms with Crippen LogP contribution in [0.1, 0.15) is 26.2 Å². The molecule has 1 aliphatic heterocycles. The van der Waals surface area contributed by atoms with E-state index in [-0.39, 0.29) is 5.92 Å². The molecule has 1 N–H and O–H groups in total. The first-order chi connectivity index (χ1) is 6.13. The van der Waals surface area contributed by atoms with E-state index in [4.69, 9.17) is 5.11 Å². The van der Waals surface area contributed by atoms with Crippen LogP contribution in [0.4, 0.5) is 0 Å². The third-order valence-corrected chi connectivity index (χ3v) is 2.95. The summed E-state index contributed by atoms with van der Waals surface area (Å²) in [4.78, 5) is 13.1. The van der Waals surface area contributed by atoms with Crippen LogP contribution in [-0.2, 0) is 4.79 Å². The molecule has 1 saturated heterocycles. The molecule has 1 fully saturated rings. The maximum atomic E-state index is 10.8. The number of likely N-dealkylation sites (tertiary alicyclic amines) is 1. The Labute approximate surface area is 79.7 Å². The Bertz CT molecular complexity index is 182. The van der Waals surface area contributed by atoms with Gasteiger partial charge in [0.1, 0.15) is 0 Å². The van der Waals surface area contributed by atoms with Crippen molar-refractivity contribution in [3.63, 3.8) is 0 Å². The number of hydrogen-bond acceptors (Lipinski definition) is 2. The molecule has 0 aliphatic carbocycles. The second-order valence-electron chi connectivity index (χ2n) is 4.10. The Kier molecular flexibility index (Phi) is 3.72. The first kappa shape index (κ1) is 10.5. The first-order valence-corrected chi connectivity index (χ1v) is 5.04. The van der Waals surface area contributed by atoms with E-state index in [1.54, 1.807) is 0 Å². The van der Waals surface area contributed by atoms with Gasteiger partial charge in [-0.3, -0.25) is 4.79 Å². The molecule has 2 unspecified atom stereocenters. The van der Waals surface area contributed by atoms with Gasteiger partial charge in [0.15, 0.2) is 0 Å². The number of aliphatic carboxylic acids is 1. The molecule has 0 saturated carbocycles. The highest BCUT2D eigenvalue weighted by molar-refractivity contribution is 5.69. The minimum absolute atomic E-state index is 0.128. The van der Waals surface area contributed by atoms with Gasteiger partial charge >= 0.3 is 5.97 Å². The van der Waals surface area contributed by atoms with Crippen LogP contribution >= 0.6 is 0 Å². The molecular formula is C10H19NO2. The average Bonchev–Trinajstić information content (AvgIpc) is 2.46. The van der Waals surface area contributed by atoms with Gasteiger partial charge in [-0.1, -0.05) is 6.92 Å². The summed E-state index contributed by atoms with van der Waals surface area (Å²) >= 11 is 0. The summed E-state index contributed by atoms with van der Waals surface area (Å²) in [5.74, 6) is -0.153. The van der Waals surface area contributed by atoms with Crippen LogP contribution in [0.3, 0.4) is 0 Å². The van der Waals surface area contributed by atoms with Crippen LogP contribution in [0.15, 0.2) is 0 Å². The number of hydrogen-bond donors (Lipinski definition) is 1. The van der Waals surface area contributed by atoms with E-state index in [1.165, 1.54) is 6.42 Å². The summed E-state index contributed by atoms with van der Waals surface area (Å²) in [6.45, 7) is 4.15. The number of carboxylic acids is 1. The molecule has 0 spiro atoms. The van der Waals surface area contributed by atoms with E-state index in [2.05, 4.69) is 11.9 Å². The van der Waals surface area contributed by atoms with Gasteiger partial charge in [0.2, 0.25) is 0 Å². The summed E-state index contributed by atoms with van der Waals surface area (Å²) in [5.41, 5.74) is 0. The number of rotatable bonds is 4. The van der Waals surface area contributed by atoms with Gasteiger partial charge in [0.25, 0.3) is 0 Å². The first-order valence-electron chi connectivity index (χ1n) is 5.04. The van der Waals surface area contributed by atoms with Crippen molar-refractivity contribution >= 4 is 5.97 Å². The van der Waals surface area contributed by atoms with Gasteiger partial charge in [-0.25, -0.2) is 0 Å². The van der Waals surface area contributed by atoms with Gasteiger partial charge in [0, 0.05) is 6.54 Å². The van der Waals surface area contributed by atoms with Crippen molar-refractivity contribution in [3.8, 4) is 0 Å². The van der Waals surface area contributed by atoms with Gasteiger partial charge in [0.05, 0.1) is 5.92 Å². The fourth-order valence-corrected chi connectivity index (χ4v) is 2.06. The standard InChI is InChI=1S/C10H19NO2/c1-3-9(10(12)13)6-8-4-5-11(2)7-8/h8-9H,3-7H2,1-2H3,(H,12,13). The largest absolute Gasteiger partial charge is 0.481 e. The van der Waals surface area contributed by atoms with Gasteiger partial charge < -0.3 is 10.0 Å². The highest BCUT2D eigenvalue weighted by Gasteiger charge is 2.25.